The normalized spacial score (nSPS) is 12.3. The number of nitrogens with zero attached hydrogens (tertiary/aromatic N) is 2. The van der Waals surface area contributed by atoms with Crippen LogP contribution in [0.1, 0.15) is 38.3 Å². The van der Waals surface area contributed by atoms with Crippen molar-refractivity contribution in [3.63, 3.8) is 0 Å². The molecule has 0 spiro atoms. The number of carbonyl (C=O) groups is 2. The topological polar surface area (TPSA) is 86.8 Å². The van der Waals surface area contributed by atoms with Gasteiger partial charge in [0.05, 0.1) is 11.9 Å². The molecular formula is C24H32ClN3O4S. The number of rotatable bonds is 10. The zero-order valence-electron chi connectivity index (χ0n) is 19.7. The number of carbonyl (C=O) groups excluding carboxylic acids is 2. The van der Waals surface area contributed by atoms with Gasteiger partial charge in [0.15, 0.2) is 0 Å². The summed E-state index contributed by atoms with van der Waals surface area (Å²) in [4.78, 5) is 27.9. The van der Waals surface area contributed by atoms with Gasteiger partial charge >= 0.3 is 0 Å². The molecular weight excluding hydrogens is 462 g/mol. The number of hydrogen-bond donors (Lipinski definition) is 1. The van der Waals surface area contributed by atoms with Crippen LogP contribution in [0.2, 0.25) is 5.02 Å². The lowest BCUT2D eigenvalue weighted by Crippen LogP contribution is -2.53. The van der Waals surface area contributed by atoms with Crippen LogP contribution in [0.3, 0.4) is 0 Å². The van der Waals surface area contributed by atoms with Crippen molar-refractivity contribution in [2.75, 3.05) is 17.1 Å². The van der Waals surface area contributed by atoms with E-state index in [1.54, 1.807) is 19.1 Å². The predicted molar refractivity (Wildman–Crippen MR) is 133 cm³/mol. The van der Waals surface area contributed by atoms with E-state index in [1.165, 1.54) is 11.0 Å². The molecule has 0 radical (unpaired) electrons. The lowest BCUT2D eigenvalue weighted by Gasteiger charge is -2.33. The number of hydrogen-bond acceptors (Lipinski definition) is 4. The van der Waals surface area contributed by atoms with Crippen molar-refractivity contribution in [1.82, 2.24) is 10.2 Å². The minimum atomic E-state index is -3.80. The molecule has 0 saturated heterocycles. The van der Waals surface area contributed by atoms with Crippen LogP contribution >= 0.6 is 11.6 Å². The molecule has 2 amide bonds. The van der Waals surface area contributed by atoms with Crippen molar-refractivity contribution in [3.05, 3.63) is 64.7 Å². The van der Waals surface area contributed by atoms with E-state index in [1.807, 2.05) is 51.1 Å². The Morgan fingerprint density at radius 3 is 2.27 bits per heavy atom. The van der Waals surface area contributed by atoms with Gasteiger partial charge in [-0.25, -0.2) is 8.42 Å². The molecule has 0 aliphatic carbocycles. The fourth-order valence-corrected chi connectivity index (χ4v) is 4.59. The van der Waals surface area contributed by atoms with Gasteiger partial charge in [-0.1, -0.05) is 54.9 Å². The van der Waals surface area contributed by atoms with E-state index in [-0.39, 0.29) is 18.5 Å². The standard InChI is InChI=1S/C24H32ClN3O4S/c1-6-21(24(30)26-17(2)3)27(15-19-10-8-7-9-11-19)23(29)16-28(33(5,31)32)22-14-20(25)13-12-18(22)4/h7-14,17,21H,6,15-16H2,1-5H3,(H,26,30)/t21-/m0/s1. The molecule has 0 unspecified atom stereocenters. The predicted octanol–water partition coefficient (Wildman–Crippen LogP) is 3.75. The molecule has 7 nitrogen and oxygen atoms in total. The van der Waals surface area contributed by atoms with Crippen molar-refractivity contribution in [2.24, 2.45) is 0 Å². The lowest BCUT2D eigenvalue weighted by atomic mass is 10.1. The third-order valence-electron chi connectivity index (χ3n) is 5.13. The molecule has 0 saturated carbocycles. The molecule has 2 aromatic rings. The second kappa shape index (κ2) is 11.5. The molecule has 0 fully saturated rings. The molecule has 1 atom stereocenters. The Balaban J connectivity index is 2.46. The quantitative estimate of drug-likeness (QED) is 0.546. The highest BCUT2D eigenvalue weighted by atomic mass is 35.5. The van der Waals surface area contributed by atoms with Crippen LogP contribution in [-0.2, 0) is 26.2 Å². The third-order valence-corrected chi connectivity index (χ3v) is 6.49. The molecule has 1 N–H and O–H groups in total. The number of aryl methyl sites for hydroxylation is 1. The summed E-state index contributed by atoms with van der Waals surface area (Å²) >= 11 is 6.11. The highest BCUT2D eigenvalue weighted by Crippen LogP contribution is 2.27. The average Bonchev–Trinajstić information content (AvgIpc) is 2.73. The van der Waals surface area contributed by atoms with E-state index in [0.717, 1.165) is 16.1 Å². The van der Waals surface area contributed by atoms with E-state index in [0.29, 0.717) is 22.7 Å². The first-order valence-electron chi connectivity index (χ1n) is 10.8. The summed E-state index contributed by atoms with van der Waals surface area (Å²) in [7, 11) is -3.80. The van der Waals surface area contributed by atoms with Crippen LogP contribution in [0, 0.1) is 6.92 Å². The lowest BCUT2D eigenvalue weighted by molar-refractivity contribution is -0.140. The number of nitrogens with one attached hydrogen (secondary N) is 1. The summed E-state index contributed by atoms with van der Waals surface area (Å²) in [6.07, 6.45) is 1.43. The molecule has 9 heteroatoms. The van der Waals surface area contributed by atoms with Gasteiger partial charge < -0.3 is 10.2 Å². The Labute approximate surface area is 201 Å². The van der Waals surface area contributed by atoms with Crippen molar-refractivity contribution in [3.8, 4) is 0 Å². The minimum Gasteiger partial charge on any atom is -0.352 e. The average molecular weight is 494 g/mol. The second-order valence-electron chi connectivity index (χ2n) is 8.30. The SMILES string of the molecule is CC[C@@H](C(=O)NC(C)C)N(Cc1ccccc1)C(=O)CN(c1cc(Cl)ccc1C)S(C)(=O)=O. The van der Waals surface area contributed by atoms with Gasteiger partial charge in [0.25, 0.3) is 0 Å². The maximum absolute atomic E-state index is 13.6. The number of benzene rings is 2. The summed E-state index contributed by atoms with van der Waals surface area (Å²) in [6, 6.07) is 13.3. The van der Waals surface area contributed by atoms with Gasteiger partial charge in [-0.3, -0.25) is 13.9 Å². The Morgan fingerprint density at radius 1 is 1.09 bits per heavy atom. The van der Waals surface area contributed by atoms with Gasteiger partial charge in [-0.2, -0.15) is 0 Å². The van der Waals surface area contributed by atoms with Gasteiger partial charge in [-0.15, -0.1) is 0 Å². The zero-order chi connectivity index (χ0) is 24.8. The van der Waals surface area contributed by atoms with Crippen molar-refractivity contribution >= 4 is 39.1 Å². The third kappa shape index (κ3) is 7.47. The van der Waals surface area contributed by atoms with Crippen molar-refractivity contribution < 1.29 is 18.0 Å². The fourth-order valence-electron chi connectivity index (χ4n) is 3.53. The largest absolute Gasteiger partial charge is 0.352 e. The zero-order valence-corrected chi connectivity index (χ0v) is 21.3. The Morgan fingerprint density at radius 2 is 1.73 bits per heavy atom. The monoisotopic (exact) mass is 493 g/mol. The molecule has 0 aromatic heterocycles. The van der Waals surface area contributed by atoms with E-state index in [9.17, 15) is 18.0 Å². The van der Waals surface area contributed by atoms with Gasteiger partial charge in [0.2, 0.25) is 21.8 Å². The molecule has 33 heavy (non-hydrogen) atoms. The molecule has 2 rings (SSSR count). The Kier molecular flexibility index (Phi) is 9.31. The summed E-state index contributed by atoms with van der Waals surface area (Å²) in [5, 5.41) is 3.23. The van der Waals surface area contributed by atoms with E-state index in [4.69, 9.17) is 11.6 Å². The molecule has 180 valence electrons. The smallest absolute Gasteiger partial charge is 0.244 e. The second-order valence-corrected chi connectivity index (χ2v) is 10.6. The summed E-state index contributed by atoms with van der Waals surface area (Å²) in [5.74, 6) is -0.754. The van der Waals surface area contributed by atoms with E-state index < -0.39 is 28.5 Å². The van der Waals surface area contributed by atoms with Crippen LogP contribution in [0.5, 0.6) is 0 Å². The van der Waals surface area contributed by atoms with Gasteiger partial charge in [0, 0.05) is 17.6 Å². The molecule has 2 aromatic carbocycles. The first-order chi connectivity index (χ1) is 15.4. The fraction of sp³-hybridized carbons (Fsp3) is 0.417. The minimum absolute atomic E-state index is 0.0955. The highest BCUT2D eigenvalue weighted by Gasteiger charge is 2.32. The van der Waals surface area contributed by atoms with Crippen LogP contribution in [0.25, 0.3) is 0 Å². The summed E-state index contributed by atoms with van der Waals surface area (Å²) in [5.41, 5.74) is 1.83. The molecule has 0 bridgehead atoms. The van der Waals surface area contributed by atoms with Gasteiger partial charge in [-0.05, 0) is 50.5 Å². The number of amides is 2. The van der Waals surface area contributed by atoms with Crippen LogP contribution in [-0.4, -0.2) is 50.0 Å². The molecule has 0 heterocycles. The van der Waals surface area contributed by atoms with E-state index >= 15 is 0 Å². The Hall–Kier alpha value is -2.58. The van der Waals surface area contributed by atoms with Crippen LogP contribution in [0.4, 0.5) is 5.69 Å². The first kappa shape index (κ1) is 26.7. The maximum atomic E-state index is 13.6. The maximum Gasteiger partial charge on any atom is 0.244 e. The summed E-state index contributed by atoms with van der Waals surface area (Å²) < 4.78 is 26.4. The Bertz CT molecular complexity index is 1070. The van der Waals surface area contributed by atoms with Crippen LogP contribution in [0.15, 0.2) is 48.5 Å². The molecule has 0 aliphatic rings. The van der Waals surface area contributed by atoms with Gasteiger partial charge in [0.1, 0.15) is 12.6 Å². The number of halogens is 1. The van der Waals surface area contributed by atoms with Crippen LogP contribution < -0.4 is 9.62 Å². The van der Waals surface area contributed by atoms with E-state index in [2.05, 4.69) is 5.32 Å². The highest BCUT2D eigenvalue weighted by molar-refractivity contribution is 7.92. The van der Waals surface area contributed by atoms with Crippen molar-refractivity contribution in [1.29, 1.82) is 0 Å². The molecule has 0 aliphatic heterocycles. The van der Waals surface area contributed by atoms with Crippen molar-refractivity contribution in [2.45, 2.75) is 52.7 Å². The number of sulfonamides is 1. The number of anilines is 1. The first-order valence-corrected chi connectivity index (χ1v) is 13.0. The summed E-state index contributed by atoms with van der Waals surface area (Å²) in [6.45, 7) is 7.00.